The summed E-state index contributed by atoms with van der Waals surface area (Å²) in [6.07, 6.45) is 11.3. The zero-order chi connectivity index (χ0) is 35.9. The molecule has 2 N–H and O–H groups in total. The molecule has 262 valence electrons. The topological polar surface area (TPSA) is 126 Å². The Balaban J connectivity index is 1.26. The van der Waals surface area contributed by atoms with E-state index in [1.165, 1.54) is 12.8 Å². The summed E-state index contributed by atoms with van der Waals surface area (Å²) in [6, 6.07) is 19.7. The maximum atomic E-state index is 14.4. The maximum absolute atomic E-state index is 14.4. The Kier molecular flexibility index (Phi) is 8.99. The van der Waals surface area contributed by atoms with Gasteiger partial charge in [-0.3, -0.25) is 28.8 Å². The van der Waals surface area contributed by atoms with Crippen molar-refractivity contribution in [2.45, 2.75) is 77.0 Å². The van der Waals surface area contributed by atoms with Crippen LogP contribution in [0.15, 0.2) is 72.8 Å². The summed E-state index contributed by atoms with van der Waals surface area (Å²) in [7, 11) is 0. The molecule has 0 heterocycles. The fourth-order valence-corrected chi connectivity index (χ4v) is 8.81. The van der Waals surface area contributed by atoms with E-state index in [0.29, 0.717) is 24.0 Å². The maximum Gasteiger partial charge on any atom is 0.224 e. The predicted octanol–water partition coefficient (Wildman–Crippen LogP) is 8.72. The van der Waals surface area contributed by atoms with Crippen molar-refractivity contribution in [1.29, 1.82) is 0 Å². The lowest BCUT2D eigenvalue weighted by molar-refractivity contribution is -0.118. The van der Waals surface area contributed by atoms with Gasteiger partial charge in [0.1, 0.15) is 0 Å². The van der Waals surface area contributed by atoms with Crippen LogP contribution in [-0.4, -0.2) is 34.9 Å². The van der Waals surface area contributed by atoms with Gasteiger partial charge >= 0.3 is 0 Å². The lowest BCUT2D eigenvalue weighted by Crippen LogP contribution is -2.27. The smallest absolute Gasteiger partial charge is 0.224 e. The molecule has 4 aromatic carbocycles. The zero-order valence-electron chi connectivity index (χ0n) is 29.0. The fraction of sp³-hybridized carbons (Fsp3) is 0.318. The fourth-order valence-electron chi connectivity index (χ4n) is 8.81. The van der Waals surface area contributed by atoms with Gasteiger partial charge in [0, 0.05) is 46.2 Å². The molecule has 4 aliphatic rings. The second kappa shape index (κ2) is 13.9. The first-order valence-electron chi connectivity index (χ1n) is 18.6. The summed E-state index contributed by atoms with van der Waals surface area (Å²) in [4.78, 5) is 84.2. The minimum Gasteiger partial charge on any atom is -0.325 e. The van der Waals surface area contributed by atoms with Gasteiger partial charge in [0.25, 0.3) is 0 Å². The Hall–Kier alpha value is -5.50. The molecule has 0 bridgehead atoms. The van der Waals surface area contributed by atoms with Crippen LogP contribution in [0.4, 0.5) is 11.4 Å². The van der Waals surface area contributed by atoms with Crippen molar-refractivity contribution < 1.29 is 28.8 Å². The lowest BCUT2D eigenvalue weighted by Gasteiger charge is -2.27. The van der Waals surface area contributed by atoms with Crippen molar-refractivity contribution in [3.63, 3.8) is 0 Å². The number of benzene rings is 4. The molecule has 0 saturated heterocycles. The minimum absolute atomic E-state index is 0.0618. The van der Waals surface area contributed by atoms with Crippen LogP contribution in [-0.2, 0) is 9.59 Å². The Morgan fingerprint density at radius 3 is 1.10 bits per heavy atom. The minimum atomic E-state index is -0.419. The Bertz CT molecular complexity index is 2030. The highest BCUT2D eigenvalue weighted by Crippen LogP contribution is 2.44. The third-order valence-electron chi connectivity index (χ3n) is 11.4. The number of hydrogen-bond donors (Lipinski definition) is 2. The number of amides is 2. The van der Waals surface area contributed by atoms with Gasteiger partial charge in [0.15, 0.2) is 23.1 Å². The van der Waals surface area contributed by atoms with Crippen LogP contribution in [0, 0.1) is 11.8 Å². The third-order valence-corrected chi connectivity index (χ3v) is 11.4. The average molecular weight is 693 g/mol. The van der Waals surface area contributed by atoms with Crippen LogP contribution in [0.3, 0.4) is 0 Å². The summed E-state index contributed by atoms with van der Waals surface area (Å²) in [6.45, 7) is 0. The van der Waals surface area contributed by atoms with Gasteiger partial charge in [-0.05, 0) is 60.8 Å². The summed E-state index contributed by atoms with van der Waals surface area (Å²) >= 11 is 0. The highest BCUT2D eigenvalue weighted by molar-refractivity contribution is 6.35. The first-order chi connectivity index (χ1) is 25.3. The second-order valence-electron chi connectivity index (χ2n) is 14.7. The molecule has 8 rings (SSSR count). The van der Waals surface area contributed by atoms with E-state index in [1.807, 2.05) is 0 Å². The molecular weight excluding hydrogens is 652 g/mol. The third kappa shape index (κ3) is 6.00. The predicted molar refractivity (Wildman–Crippen MR) is 198 cm³/mol. The van der Waals surface area contributed by atoms with Crippen molar-refractivity contribution in [2.75, 3.05) is 10.6 Å². The number of anilines is 2. The largest absolute Gasteiger partial charge is 0.325 e. The number of carbonyl (C=O) groups is 6. The molecule has 2 amide bonds. The molecule has 0 spiro atoms. The molecule has 8 nitrogen and oxygen atoms in total. The zero-order valence-corrected chi connectivity index (χ0v) is 29.0. The summed E-state index contributed by atoms with van der Waals surface area (Å²) in [5.74, 6) is -1.56. The van der Waals surface area contributed by atoms with Gasteiger partial charge in [-0.25, -0.2) is 0 Å². The number of rotatable bonds is 7. The number of fused-ring (bicyclic) bond motifs is 4. The van der Waals surface area contributed by atoms with Crippen LogP contribution < -0.4 is 10.6 Å². The van der Waals surface area contributed by atoms with Gasteiger partial charge in [-0.1, -0.05) is 99.2 Å². The van der Waals surface area contributed by atoms with Crippen LogP contribution in [0.2, 0.25) is 0 Å². The molecule has 4 aliphatic carbocycles. The molecule has 4 aromatic rings. The highest BCUT2D eigenvalue weighted by Gasteiger charge is 2.39. The summed E-state index contributed by atoms with van der Waals surface area (Å²) < 4.78 is 0. The SMILES string of the molecule is O=C(CC1CCCCC1)Nc1ccc(-c2ccc(NC(=O)CC3CCCCC3)c3c2C(=O)c2ccccc2C3=O)c2c1C(=O)c1ccccc1C2=O. The Morgan fingerprint density at radius 1 is 0.423 bits per heavy atom. The van der Waals surface area contributed by atoms with Gasteiger partial charge in [0.05, 0.1) is 22.5 Å². The van der Waals surface area contributed by atoms with E-state index in [1.54, 1.807) is 72.8 Å². The molecule has 0 atom stereocenters. The van der Waals surface area contributed by atoms with E-state index in [9.17, 15) is 28.8 Å². The number of hydrogen-bond acceptors (Lipinski definition) is 6. The molecular formula is C44H40N2O6. The van der Waals surface area contributed by atoms with E-state index >= 15 is 0 Å². The van der Waals surface area contributed by atoms with Crippen molar-refractivity contribution in [3.05, 3.63) is 117 Å². The molecule has 0 aromatic heterocycles. The number of carbonyl (C=O) groups excluding carboxylic acids is 6. The molecule has 8 heteroatoms. The number of ketones is 4. The van der Waals surface area contributed by atoms with Crippen LogP contribution >= 0.6 is 0 Å². The number of nitrogens with one attached hydrogen (secondary N) is 2. The van der Waals surface area contributed by atoms with Gasteiger partial charge in [0.2, 0.25) is 11.8 Å². The van der Waals surface area contributed by atoms with Crippen molar-refractivity contribution in [1.82, 2.24) is 0 Å². The molecule has 52 heavy (non-hydrogen) atoms. The van der Waals surface area contributed by atoms with E-state index < -0.39 is 23.1 Å². The first kappa shape index (κ1) is 33.6. The Morgan fingerprint density at radius 2 is 0.750 bits per heavy atom. The van der Waals surface area contributed by atoms with E-state index in [4.69, 9.17) is 0 Å². The van der Waals surface area contributed by atoms with Crippen molar-refractivity contribution in [3.8, 4) is 11.1 Å². The van der Waals surface area contributed by atoms with Gasteiger partial charge in [-0.15, -0.1) is 0 Å². The van der Waals surface area contributed by atoms with Gasteiger partial charge in [-0.2, -0.15) is 0 Å². The van der Waals surface area contributed by atoms with E-state index in [-0.39, 0.29) is 79.5 Å². The monoisotopic (exact) mass is 692 g/mol. The van der Waals surface area contributed by atoms with Crippen LogP contribution in [0.1, 0.15) is 141 Å². The Labute approximate surface area is 302 Å². The molecule has 0 radical (unpaired) electrons. The van der Waals surface area contributed by atoms with E-state index in [0.717, 1.165) is 51.4 Å². The second-order valence-corrected chi connectivity index (χ2v) is 14.7. The highest BCUT2D eigenvalue weighted by atomic mass is 16.2. The van der Waals surface area contributed by atoms with E-state index in [2.05, 4.69) is 10.6 Å². The molecule has 0 unspecified atom stereocenters. The molecule has 2 fully saturated rings. The van der Waals surface area contributed by atoms with Crippen molar-refractivity contribution in [2.24, 2.45) is 11.8 Å². The lowest BCUT2D eigenvalue weighted by atomic mass is 9.75. The van der Waals surface area contributed by atoms with Crippen molar-refractivity contribution >= 4 is 46.3 Å². The molecule has 2 saturated carbocycles. The summed E-state index contributed by atoms with van der Waals surface area (Å²) in [5, 5.41) is 5.91. The van der Waals surface area contributed by atoms with Gasteiger partial charge < -0.3 is 10.6 Å². The average Bonchev–Trinajstić information content (AvgIpc) is 3.16. The normalized spacial score (nSPS) is 17.2. The standard InChI is InChI=1S/C44H40N2O6/c47-35(23-25-11-3-1-4-12-25)45-33-21-19-27(37-39(33)43(51)31-17-9-7-15-29(31)41(37)49)28-20-22-34(46-36(48)24-26-13-5-2-6-14-26)40-38(28)42(50)30-16-8-10-18-32(30)44(40)52/h7-10,15-22,25-26H,1-6,11-14,23-24H2,(H,45,47)(H,46,48). The van der Waals surface area contributed by atoms with Crippen LogP contribution in [0.25, 0.3) is 11.1 Å². The first-order valence-corrected chi connectivity index (χ1v) is 18.6. The van der Waals surface area contributed by atoms with Crippen LogP contribution in [0.5, 0.6) is 0 Å². The quantitative estimate of drug-likeness (QED) is 0.172. The molecule has 0 aliphatic heterocycles. The summed E-state index contributed by atoms with van der Waals surface area (Å²) in [5.41, 5.74) is 2.23.